The van der Waals surface area contributed by atoms with Gasteiger partial charge in [0, 0.05) is 6.42 Å². The monoisotopic (exact) mass is 232 g/mol. The quantitative estimate of drug-likeness (QED) is 0.603. The normalized spacial score (nSPS) is 25.4. The van der Waals surface area contributed by atoms with Crippen molar-refractivity contribution in [3.8, 4) is 0 Å². The fraction of sp³-hybridized carbons (Fsp3) is 0.333. The lowest BCUT2D eigenvalue weighted by Gasteiger charge is -2.12. The molecule has 0 aromatic heterocycles. The number of rotatable bonds is 0. The third kappa shape index (κ3) is 1.07. The molecule has 0 radical (unpaired) electrons. The summed E-state index contributed by atoms with van der Waals surface area (Å²) in [6, 6.07) is 7.08. The van der Waals surface area contributed by atoms with Gasteiger partial charge in [0.2, 0.25) is 0 Å². The van der Waals surface area contributed by atoms with E-state index in [1.165, 1.54) is 0 Å². The van der Waals surface area contributed by atoms with Crippen LogP contribution in [0.1, 0.15) is 16.0 Å². The van der Waals surface area contributed by atoms with E-state index in [-0.39, 0.29) is 6.42 Å². The van der Waals surface area contributed by atoms with E-state index in [2.05, 4.69) is 15.9 Å². The molecule has 0 bridgehead atoms. The fourth-order valence-corrected chi connectivity index (χ4v) is 2.12. The van der Waals surface area contributed by atoms with E-state index in [9.17, 15) is 8.78 Å². The molecule has 0 saturated heterocycles. The van der Waals surface area contributed by atoms with Crippen LogP contribution in [0, 0.1) is 0 Å². The molecule has 64 valence electrons. The lowest BCUT2D eigenvalue weighted by Crippen LogP contribution is -2.17. The van der Waals surface area contributed by atoms with Gasteiger partial charge in [0.25, 0.3) is 5.92 Å². The van der Waals surface area contributed by atoms with Crippen LogP contribution in [-0.2, 0) is 6.42 Å². The van der Waals surface area contributed by atoms with Gasteiger partial charge in [-0.05, 0) is 11.1 Å². The lowest BCUT2D eigenvalue weighted by molar-refractivity contribution is 0.0118. The summed E-state index contributed by atoms with van der Waals surface area (Å²) in [6.45, 7) is 0. The van der Waals surface area contributed by atoms with Gasteiger partial charge in [0.05, 0.1) is 0 Å². The molecule has 0 spiro atoms. The topological polar surface area (TPSA) is 0 Å². The second-order valence-corrected chi connectivity index (χ2v) is 3.91. The average molecular weight is 233 g/mol. The zero-order valence-electron chi connectivity index (χ0n) is 6.23. The molecule has 0 saturated carbocycles. The number of fused-ring (bicyclic) bond motifs is 1. The van der Waals surface area contributed by atoms with Crippen LogP contribution < -0.4 is 0 Å². The molecular weight excluding hydrogens is 226 g/mol. The molecule has 1 aliphatic rings. The van der Waals surface area contributed by atoms with Crippen LogP contribution >= 0.6 is 15.9 Å². The Balaban J connectivity index is 2.49. The van der Waals surface area contributed by atoms with Crippen molar-refractivity contribution in [3.63, 3.8) is 0 Å². The molecule has 1 aromatic rings. The zero-order valence-corrected chi connectivity index (χ0v) is 7.81. The standard InChI is InChI=1S/C9H7BrF2/c10-8-7-4-2-1-3-6(7)5-9(8,11)12/h1-4,8H,5H2. The number of benzene rings is 1. The number of hydrogen-bond acceptors (Lipinski definition) is 0. The van der Waals surface area contributed by atoms with Crippen molar-refractivity contribution in [1.29, 1.82) is 0 Å². The van der Waals surface area contributed by atoms with Crippen molar-refractivity contribution in [2.24, 2.45) is 0 Å². The SMILES string of the molecule is FC1(F)Cc2ccccc2C1Br. The van der Waals surface area contributed by atoms with Gasteiger partial charge in [-0.15, -0.1) is 0 Å². The predicted octanol–water partition coefficient (Wildman–Crippen LogP) is 3.31. The van der Waals surface area contributed by atoms with Gasteiger partial charge in [0.1, 0.15) is 4.83 Å². The molecule has 0 nitrogen and oxygen atoms in total. The predicted molar refractivity (Wildman–Crippen MR) is 46.8 cm³/mol. The van der Waals surface area contributed by atoms with E-state index in [1.807, 2.05) is 0 Å². The summed E-state index contributed by atoms with van der Waals surface area (Å²) in [7, 11) is 0. The van der Waals surface area contributed by atoms with E-state index in [0.717, 1.165) is 11.1 Å². The van der Waals surface area contributed by atoms with Crippen molar-refractivity contribution in [2.45, 2.75) is 17.2 Å². The van der Waals surface area contributed by atoms with Gasteiger partial charge < -0.3 is 0 Å². The summed E-state index contributed by atoms with van der Waals surface area (Å²) in [4.78, 5) is -0.804. The molecular formula is C9H7BrF2. The van der Waals surface area contributed by atoms with Crippen LogP contribution in [0.5, 0.6) is 0 Å². The first kappa shape index (κ1) is 8.17. The Bertz CT molecular complexity index is 309. The van der Waals surface area contributed by atoms with E-state index < -0.39 is 10.7 Å². The highest BCUT2D eigenvalue weighted by Crippen LogP contribution is 2.48. The van der Waals surface area contributed by atoms with E-state index in [1.54, 1.807) is 24.3 Å². The molecule has 0 heterocycles. The second kappa shape index (κ2) is 2.52. The summed E-state index contributed by atoms with van der Waals surface area (Å²) < 4.78 is 26.2. The van der Waals surface area contributed by atoms with E-state index in [0.29, 0.717) is 0 Å². The first-order chi connectivity index (χ1) is 5.61. The molecule has 0 amide bonds. The highest BCUT2D eigenvalue weighted by molar-refractivity contribution is 9.09. The molecule has 12 heavy (non-hydrogen) atoms. The van der Waals surface area contributed by atoms with Gasteiger partial charge in [-0.3, -0.25) is 0 Å². The zero-order chi connectivity index (χ0) is 8.77. The Hall–Kier alpha value is -0.440. The number of alkyl halides is 3. The van der Waals surface area contributed by atoms with Crippen LogP contribution in [-0.4, -0.2) is 5.92 Å². The molecule has 1 unspecified atom stereocenters. The minimum atomic E-state index is -2.62. The molecule has 1 aliphatic carbocycles. The lowest BCUT2D eigenvalue weighted by atomic mass is 10.1. The minimum absolute atomic E-state index is 0.140. The molecule has 0 N–H and O–H groups in total. The summed E-state index contributed by atoms with van der Waals surface area (Å²) >= 11 is 3.01. The first-order valence-corrected chi connectivity index (χ1v) is 4.62. The van der Waals surface area contributed by atoms with Crippen LogP contribution in [0.2, 0.25) is 0 Å². The Morgan fingerprint density at radius 2 is 2.00 bits per heavy atom. The van der Waals surface area contributed by atoms with Crippen LogP contribution in [0.15, 0.2) is 24.3 Å². The van der Waals surface area contributed by atoms with E-state index in [4.69, 9.17) is 0 Å². The van der Waals surface area contributed by atoms with E-state index >= 15 is 0 Å². The largest absolute Gasteiger partial charge is 0.268 e. The Labute approximate surface area is 77.7 Å². The third-order valence-electron chi connectivity index (χ3n) is 2.13. The van der Waals surface area contributed by atoms with Crippen molar-refractivity contribution in [3.05, 3.63) is 35.4 Å². The highest BCUT2D eigenvalue weighted by Gasteiger charge is 2.45. The highest BCUT2D eigenvalue weighted by atomic mass is 79.9. The average Bonchev–Trinajstić information content (AvgIpc) is 2.24. The smallest absolute Gasteiger partial charge is 0.205 e. The number of halogens is 3. The molecule has 3 heteroatoms. The van der Waals surface area contributed by atoms with Crippen molar-refractivity contribution >= 4 is 15.9 Å². The molecule has 0 fully saturated rings. The maximum Gasteiger partial charge on any atom is 0.268 e. The second-order valence-electron chi connectivity index (χ2n) is 3.00. The summed E-state index contributed by atoms with van der Waals surface area (Å²) in [6.07, 6.45) is -0.140. The maximum atomic E-state index is 13.1. The fourth-order valence-electron chi connectivity index (χ4n) is 1.51. The first-order valence-electron chi connectivity index (χ1n) is 3.71. The van der Waals surface area contributed by atoms with Crippen molar-refractivity contribution < 1.29 is 8.78 Å². The van der Waals surface area contributed by atoms with Gasteiger partial charge in [-0.1, -0.05) is 40.2 Å². The van der Waals surface area contributed by atoms with Gasteiger partial charge in [-0.25, -0.2) is 8.78 Å². The van der Waals surface area contributed by atoms with Crippen LogP contribution in [0.25, 0.3) is 0 Å². The van der Waals surface area contributed by atoms with Gasteiger partial charge in [-0.2, -0.15) is 0 Å². The molecule has 1 atom stereocenters. The Kier molecular flexibility index (Phi) is 1.72. The molecule has 2 rings (SSSR count). The number of hydrogen-bond donors (Lipinski definition) is 0. The van der Waals surface area contributed by atoms with Crippen LogP contribution in [0.4, 0.5) is 8.78 Å². The minimum Gasteiger partial charge on any atom is -0.205 e. The Morgan fingerprint density at radius 1 is 1.33 bits per heavy atom. The summed E-state index contributed by atoms with van der Waals surface area (Å²) in [5.74, 6) is -2.62. The maximum absolute atomic E-state index is 13.1. The third-order valence-corrected chi connectivity index (χ3v) is 3.29. The Morgan fingerprint density at radius 3 is 2.67 bits per heavy atom. The van der Waals surface area contributed by atoms with Crippen LogP contribution in [0.3, 0.4) is 0 Å². The summed E-state index contributed by atoms with van der Waals surface area (Å²) in [5, 5.41) is 0. The van der Waals surface area contributed by atoms with Crippen molar-refractivity contribution in [2.75, 3.05) is 0 Å². The van der Waals surface area contributed by atoms with Crippen molar-refractivity contribution in [1.82, 2.24) is 0 Å². The molecule has 1 aromatic carbocycles. The molecule has 0 aliphatic heterocycles. The van der Waals surface area contributed by atoms with Gasteiger partial charge >= 0.3 is 0 Å². The summed E-state index contributed by atoms with van der Waals surface area (Å²) in [5.41, 5.74) is 1.48. The van der Waals surface area contributed by atoms with Gasteiger partial charge in [0.15, 0.2) is 0 Å².